The Morgan fingerprint density at radius 1 is 0.811 bits per heavy atom. The van der Waals surface area contributed by atoms with Crippen molar-refractivity contribution in [3.8, 4) is 16.9 Å². The summed E-state index contributed by atoms with van der Waals surface area (Å²) in [5, 5.41) is -1.71. The van der Waals surface area contributed by atoms with Crippen LogP contribution in [0.1, 0.15) is 12.1 Å². The van der Waals surface area contributed by atoms with Crippen molar-refractivity contribution in [1.82, 2.24) is 4.98 Å². The second-order valence-electron chi connectivity index (χ2n) is 7.51. The number of ether oxygens (including phenoxy) is 1. The molecule has 0 saturated heterocycles. The molecule has 2 aromatic rings. The third kappa shape index (κ3) is 10.2. The molecule has 0 radical (unpaired) electrons. The van der Waals surface area contributed by atoms with Gasteiger partial charge in [0.15, 0.2) is 38.9 Å². The van der Waals surface area contributed by atoms with Gasteiger partial charge in [0.1, 0.15) is 5.75 Å². The van der Waals surface area contributed by atoms with Crippen LogP contribution in [-0.2, 0) is 32.8 Å². The summed E-state index contributed by atoms with van der Waals surface area (Å²) in [6, 6.07) is 10.8. The van der Waals surface area contributed by atoms with Gasteiger partial charge in [-0.05, 0) is 36.6 Å². The molecule has 0 saturated carbocycles. The van der Waals surface area contributed by atoms with Gasteiger partial charge in [-0.2, -0.15) is 0 Å². The highest BCUT2D eigenvalue weighted by atomic mass is 31.3. The molecule has 0 fully saturated rings. The smallest absolute Gasteiger partial charge is 0.356 e. The summed E-state index contributed by atoms with van der Waals surface area (Å²) in [6.45, 7) is 4.90. The monoisotopic (exact) mass is 635 g/mol. The molecule has 0 spiro atoms. The standard InChI is InChI=1S/C19H31NO11P6/c1-27-16-10-8-15(9-11-16)17-7-6-14-20-18(17)12-13-19(36(25,28-32(2)21)29-33(3)22)37(26,30-34(4)23)31-35(5)24/h6-11,14,19,21-24H,12-13H2,1-5H3. The molecule has 0 amide bonds. The number of hydrogen-bond donors (Lipinski definition) is 4. The molecule has 0 aliphatic carbocycles. The van der Waals surface area contributed by atoms with Gasteiger partial charge in [-0.25, -0.2) is 0 Å². The van der Waals surface area contributed by atoms with Crippen molar-refractivity contribution in [1.29, 1.82) is 0 Å². The number of nitrogens with zero attached hydrogens (tertiary/aromatic N) is 1. The molecule has 2 rings (SSSR count). The first-order chi connectivity index (χ1) is 17.3. The van der Waals surface area contributed by atoms with E-state index in [1.165, 1.54) is 26.7 Å². The number of rotatable bonds is 15. The van der Waals surface area contributed by atoms with Crippen LogP contribution in [0.2, 0.25) is 0 Å². The van der Waals surface area contributed by atoms with Gasteiger partial charge in [-0.15, -0.1) is 0 Å². The van der Waals surface area contributed by atoms with Crippen LogP contribution in [0.15, 0.2) is 42.6 Å². The van der Waals surface area contributed by atoms with Gasteiger partial charge >= 0.3 is 15.2 Å². The Kier molecular flexibility index (Phi) is 13.6. The van der Waals surface area contributed by atoms with Crippen molar-refractivity contribution in [3.05, 3.63) is 48.3 Å². The van der Waals surface area contributed by atoms with Crippen LogP contribution < -0.4 is 4.74 Å². The van der Waals surface area contributed by atoms with E-state index in [0.717, 1.165) is 11.1 Å². The molecule has 4 unspecified atom stereocenters. The number of pyridine rings is 1. The third-order valence-corrected chi connectivity index (χ3v) is 15.7. The summed E-state index contributed by atoms with van der Waals surface area (Å²) in [4.78, 5) is 44.1. The molecule has 4 atom stereocenters. The van der Waals surface area contributed by atoms with Crippen LogP contribution in [0.4, 0.5) is 0 Å². The van der Waals surface area contributed by atoms with E-state index in [1.807, 2.05) is 18.2 Å². The lowest BCUT2D eigenvalue weighted by Gasteiger charge is -2.33. The van der Waals surface area contributed by atoms with E-state index < -0.39 is 54.1 Å². The van der Waals surface area contributed by atoms with E-state index in [0.29, 0.717) is 11.4 Å². The van der Waals surface area contributed by atoms with Gasteiger partial charge in [0.2, 0.25) is 0 Å². The number of aromatic nitrogens is 1. The van der Waals surface area contributed by atoms with Crippen LogP contribution in [0.25, 0.3) is 11.1 Å². The van der Waals surface area contributed by atoms with E-state index in [1.54, 1.807) is 31.5 Å². The first kappa shape index (κ1) is 33.2. The lowest BCUT2D eigenvalue weighted by Crippen LogP contribution is -2.16. The zero-order valence-corrected chi connectivity index (χ0v) is 26.2. The number of methoxy groups -OCH3 is 1. The molecule has 4 N–H and O–H groups in total. The normalized spacial score (nSPS) is 19.2. The first-order valence-electron chi connectivity index (χ1n) is 10.6. The van der Waals surface area contributed by atoms with Gasteiger partial charge in [0.05, 0.1) is 7.11 Å². The molecule has 1 heterocycles. The zero-order valence-electron chi connectivity index (χ0n) is 20.8. The summed E-state index contributed by atoms with van der Waals surface area (Å²) in [6.07, 6.45) is 1.38. The van der Waals surface area contributed by atoms with E-state index in [9.17, 15) is 28.7 Å². The summed E-state index contributed by atoms with van der Waals surface area (Å²) in [5.74, 6) is 0.667. The van der Waals surface area contributed by atoms with Crippen molar-refractivity contribution < 1.29 is 50.7 Å². The summed E-state index contributed by atoms with van der Waals surface area (Å²) in [7, 11) is -16.9. The second-order valence-corrected chi connectivity index (χ2v) is 17.6. The van der Waals surface area contributed by atoms with Gasteiger partial charge in [0.25, 0.3) is 0 Å². The molecule has 0 bridgehead atoms. The summed E-state index contributed by atoms with van der Waals surface area (Å²) in [5.41, 5.74) is 2.08. The Balaban J connectivity index is 2.56. The van der Waals surface area contributed by atoms with Gasteiger partial charge < -0.3 is 24.3 Å². The van der Waals surface area contributed by atoms with E-state index >= 15 is 0 Å². The second kappa shape index (κ2) is 15.1. The SMILES string of the molecule is COc1ccc(-c2cccnc2CCC(P(=O)(OP(C)O)OP(C)O)P(=O)(OP(C)O)OP(C)O)cc1. The minimum Gasteiger partial charge on any atom is -0.497 e. The molecule has 12 nitrogen and oxygen atoms in total. The maximum absolute atomic E-state index is 13.9. The first-order valence-corrected chi connectivity index (χ1v) is 20.4. The molecule has 1 aromatic carbocycles. The van der Waals surface area contributed by atoms with Crippen LogP contribution in [-0.4, -0.2) is 63.7 Å². The van der Waals surface area contributed by atoms with Crippen LogP contribution >= 0.6 is 48.7 Å². The molecule has 18 heteroatoms. The Morgan fingerprint density at radius 2 is 1.27 bits per heavy atom. The molecule has 0 aliphatic heterocycles. The molecule has 1 aromatic heterocycles. The largest absolute Gasteiger partial charge is 0.497 e. The van der Waals surface area contributed by atoms with E-state index in [-0.39, 0.29) is 12.8 Å². The highest BCUT2D eigenvalue weighted by molar-refractivity contribution is 7.82. The summed E-state index contributed by atoms with van der Waals surface area (Å²) >= 11 is 0. The van der Waals surface area contributed by atoms with Gasteiger partial charge in [-0.3, -0.25) is 31.4 Å². The van der Waals surface area contributed by atoms with Gasteiger partial charge in [-0.1, -0.05) is 18.2 Å². The maximum atomic E-state index is 13.9. The lowest BCUT2D eigenvalue weighted by molar-refractivity contribution is 0.347. The van der Waals surface area contributed by atoms with Crippen LogP contribution in [0.3, 0.4) is 0 Å². The van der Waals surface area contributed by atoms with Crippen molar-refractivity contribution in [2.75, 3.05) is 33.8 Å². The highest BCUT2D eigenvalue weighted by Gasteiger charge is 2.54. The number of benzene rings is 1. The Labute approximate surface area is 221 Å². The molecule has 208 valence electrons. The fourth-order valence-corrected chi connectivity index (χ4v) is 14.9. The average Bonchev–Trinajstić information content (AvgIpc) is 2.77. The van der Waals surface area contributed by atoms with E-state index in [4.69, 9.17) is 22.0 Å². The predicted molar refractivity (Wildman–Crippen MR) is 148 cm³/mol. The Hall–Kier alpha value is 0.0300. The van der Waals surface area contributed by atoms with Gasteiger partial charge in [0, 0.05) is 44.1 Å². The van der Waals surface area contributed by atoms with Crippen molar-refractivity contribution in [2.45, 2.75) is 18.2 Å². The number of aryl methyl sites for hydroxylation is 1. The van der Waals surface area contributed by atoms with Crippen molar-refractivity contribution in [3.63, 3.8) is 0 Å². The predicted octanol–water partition coefficient (Wildman–Crippen LogP) is 6.20. The van der Waals surface area contributed by atoms with Crippen LogP contribution in [0.5, 0.6) is 5.75 Å². The fourth-order valence-electron chi connectivity index (χ4n) is 3.33. The Morgan fingerprint density at radius 3 is 1.68 bits per heavy atom. The topological polar surface area (TPSA) is 174 Å². The zero-order chi connectivity index (χ0) is 27.8. The van der Waals surface area contributed by atoms with Crippen molar-refractivity contribution in [2.24, 2.45) is 0 Å². The minimum atomic E-state index is -4.61. The molecule has 0 aliphatic rings. The highest BCUT2D eigenvalue weighted by Crippen LogP contribution is 2.80. The molecule has 37 heavy (non-hydrogen) atoms. The minimum absolute atomic E-state index is 0.0561. The quantitative estimate of drug-likeness (QED) is 0.163. The third-order valence-electron chi connectivity index (χ3n) is 4.59. The van der Waals surface area contributed by atoms with E-state index in [2.05, 4.69) is 4.98 Å². The number of hydrogen-bond acceptors (Lipinski definition) is 12. The maximum Gasteiger partial charge on any atom is 0.356 e. The Bertz CT molecular complexity index is 1020. The van der Waals surface area contributed by atoms with Crippen LogP contribution in [0, 0.1) is 0 Å². The lowest BCUT2D eigenvalue weighted by atomic mass is 10.0. The molecular formula is C19H31NO11P6. The fraction of sp³-hybridized carbons (Fsp3) is 0.421. The summed E-state index contributed by atoms with van der Waals surface area (Å²) < 4.78 is 54.1. The van der Waals surface area contributed by atoms with Crippen molar-refractivity contribution >= 4 is 48.7 Å². The average molecular weight is 635 g/mol. The molecular weight excluding hydrogens is 604 g/mol.